The lowest BCUT2D eigenvalue weighted by Gasteiger charge is -2.26. The van der Waals surface area contributed by atoms with Crippen molar-refractivity contribution in [3.8, 4) is 0 Å². The summed E-state index contributed by atoms with van der Waals surface area (Å²) < 4.78 is 2.04. The number of nitrogens with one attached hydrogen (secondary N) is 1. The maximum atomic E-state index is 4.19. The zero-order chi connectivity index (χ0) is 11.6. The van der Waals surface area contributed by atoms with Crippen LogP contribution in [0.3, 0.4) is 0 Å². The van der Waals surface area contributed by atoms with E-state index >= 15 is 0 Å². The van der Waals surface area contributed by atoms with Crippen molar-refractivity contribution in [2.45, 2.75) is 58.0 Å². The summed E-state index contributed by atoms with van der Waals surface area (Å²) in [6.45, 7) is 7.41. The van der Waals surface area contributed by atoms with Gasteiger partial charge in [0.05, 0.1) is 11.6 Å². The van der Waals surface area contributed by atoms with E-state index in [0.29, 0.717) is 0 Å². The van der Waals surface area contributed by atoms with Gasteiger partial charge in [-0.1, -0.05) is 19.8 Å². The Bertz CT molecular complexity index is 340. The zero-order valence-corrected chi connectivity index (χ0v) is 10.4. The molecule has 5 heteroatoms. The predicted octanol–water partition coefficient (Wildman–Crippen LogP) is 1.63. The molecule has 1 N–H and O–H groups in total. The summed E-state index contributed by atoms with van der Waals surface area (Å²) in [5.41, 5.74) is 0.127. The Morgan fingerprint density at radius 3 is 2.75 bits per heavy atom. The monoisotopic (exact) mass is 223 g/mol. The van der Waals surface area contributed by atoms with Crippen LogP contribution in [0.1, 0.15) is 58.3 Å². The van der Waals surface area contributed by atoms with Gasteiger partial charge >= 0.3 is 0 Å². The topological polar surface area (TPSA) is 55.6 Å². The van der Waals surface area contributed by atoms with Gasteiger partial charge in [0.25, 0.3) is 0 Å². The van der Waals surface area contributed by atoms with E-state index in [1.165, 1.54) is 25.7 Å². The van der Waals surface area contributed by atoms with Gasteiger partial charge in [0.2, 0.25) is 0 Å². The highest BCUT2D eigenvalue weighted by atomic mass is 15.6. The van der Waals surface area contributed by atoms with E-state index in [1.54, 1.807) is 0 Å². The van der Waals surface area contributed by atoms with Gasteiger partial charge in [0.15, 0.2) is 5.82 Å². The fourth-order valence-electron chi connectivity index (χ4n) is 2.59. The van der Waals surface area contributed by atoms with Crippen molar-refractivity contribution in [1.29, 1.82) is 0 Å². The van der Waals surface area contributed by atoms with Crippen LogP contribution < -0.4 is 5.32 Å². The number of hydrogen-bond acceptors (Lipinski definition) is 4. The molecule has 0 spiro atoms. The van der Waals surface area contributed by atoms with Crippen LogP contribution in [-0.4, -0.2) is 26.8 Å². The second-order valence-electron chi connectivity index (χ2n) is 4.93. The van der Waals surface area contributed by atoms with Gasteiger partial charge in [-0.25, -0.2) is 4.68 Å². The molecule has 0 bridgehead atoms. The molecule has 5 nitrogen and oxygen atoms in total. The van der Waals surface area contributed by atoms with Crippen LogP contribution in [0.15, 0.2) is 0 Å². The maximum absolute atomic E-state index is 4.19. The number of rotatable bonds is 4. The summed E-state index contributed by atoms with van der Waals surface area (Å²) in [6, 6.07) is 0.220. The lowest BCUT2D eigenvalue weighted by molar-refractivity contribution is 0.272. The molecule has 1 aromatic heterocycles. The van der Waals surface area contributed by atoms with Crippen molar-refractivity contribution in [2.75, 3.05) is 6.54 Å². The Morgan fingerprint density at radius 1 is 1.44 bits per heavy atom. The first-order valence-electron chi connectivity index (χ1n) is 6.19. The van der Waals surface area contributed by atoms with E-state index in [0.717, 1.165) is 12.4 Å². The molecule has 1 aliphatic rings. The van der Waals surface area contributed by atoms with E-state index in [9.17, 15) is 0 Å². The zero-order valence-electron chi connectivity index (χ0n) is 10.4. The van der Waals surface area contributed by atoms with Crippen molar-refractivity contribution in [3.63, 3.8) is 0 Å². The van der Waals surface area contributed by atoms with Crippen LogP contribution in [0.2, 0.25) is 0 Å². The maximum Gasteiger partial charge on any atom is 0.168 e. The number of tetrazole rings is 1. The third kappa shape index (κ3) is 1.96. The second kappa shape index (κ2) is 4.49. The summed E-state index contributed by atoms with van der Waals surface area (Å²) in [4.78, 5) is 0. The second-order valence-corrected chi connectivity index (χ2v) is 4.93. The van der Waals surface area contributed by atoms with Gasteiger partial charge in [-0.05, 0) is 43.7 Å². The number of hydrogen-bond donors (Lipinski definition) is 1. The highest BCUT2D eigenvalue weighted by molar-refractivity contribution is 4.97. The van der Waals surface area contributed by atoms with Gasteiger partial charge < -0.3 is 5.32 Å². The molecule has 0 aromatic carbocycles. The third-order valence-corrected chi connectivity index (χ3v) is 3.58. The van der Waals surface area contributed by atoms with Crippen molar-refractivity contribution in [2.24, 2.45) is 0 Å². The molecule has 2 rings (SSSR count). The standard InChI is InChI=1S/C11H21N5/c1-4-12-9(2)10-13-14-15-16(10)11(3)7-5-6-8-11/h9,12H,4-8H2,1-3H3. The minimum absolute atomic E-state index is 0.127. The summed E-state index contributed by atoms with van der Waals surface area (Å²) in [5, 5.41) is 15.6. The Labute approximate surface area is 96.6 Å². The fourth-order valence-corrected chi connectivity index (χ4v) is 2.59. The van der Waals surface area contributed by atoms with Crippen LogP contribution in [-0.2, 0) is 5.54 Å². The molecule has 0 radical (unpaired) electrons. The molecular formula is C11H21N5. The summed E-state index contributed by atoms with van der Waals surface area (Å²) >= 11 is 0. The first-order chi connectivity index (χ1) is 7.67. The Kier molecular flexibility index (Phi) is 3.23. The minimum atomic E-state index is 0.127. The molecule has 0 aliphatic heterocycles. The lowest BCUT2D eigenvalue weighted by Crippen LogP contribution is -2.32. The van der Waals surface area contributed by atoms with Crippen LogP contribution in [0.4, 0.5) is 0 Å². The lowest BCUT2D eigenvalue weighted by atomic mass is 10.0. The highest BCUT2D eigenvalue weighted by Crippen LogP contribution is 2.36. The largest absolute Gasteiger partial charge is 0.308 e. The van der Waals surface area contributed by atoms with E-state index in [4.69, 9.17) is 0 Å². The van der Waals surface area contributed by atoms with Crippen LogP contribution in [0.5, 0.6) is 0 Å². The molecular weight excluding hydrogens is 202 g/mol. The van der Waals surface area contributed by atoms with E-state index in [2.05, 4.69) is 41.6 Å². The Hall–Kier alpha value is -0.970. The highest BCUT2D eigenvalue weighted by Gasteiger charge is 2.34. The fraction of sp³-hybridized carbons (Fsp3) is 0.909. The van der Waals surface area contributed by atoms with Crippen LogP contribution >= 0.6 is 0 Å². The van der Waals surface area contributed by atoms with Crippen molar-refractivity contribution in [3.05, 3.63) is 5.82 Å². The van der Waals surface area contributed by atoms with E-state index < -0.39 is 0 Å². The van der Waals surface area contributed by atoms with Gasteiger partial charge in [-0.15, -0.1) is 5.10 Å². The molecule has 1 fully saturated rings. The molecule has 1 unspecified atom stereocenters. The molecule has 1 saturated carbocycles. The van der Waals surface area contributed by atoms with Crippen molar-refractivity contribution in [1.82, 2.24) is 25.5 Å². The Morgan fingerprint density at radius 2 is 2.12 bits per heavy atom. The van der Waals surface area contributed by atoms with Crippen LogP contribution in [0, 0.1) is 0 Å². The molecule has 1 aliphatic carbocycles. The first kappa shape index (κ1) is 11.5. The first-order valence-corrected chi connectivity index (χ1v) is 6.19. The van der Waals surface area contributed by atoms with E-state index in [1.807, 2.05) is 4.68 Å². The number of aromatic nitrogens is 4. The average molecular weight is 223 g/mol. The molecule has 0 amide bonds. The van der Waals surface area contributed by atoms with Gasteiger partial charge in [-0.3, -0.25) is 0 Å². The smallest absolute Gasteiger partial charge is 0.168 e. The molecule has 16 heavy (non-hydrogen) atoms. The van der Waals surface area contributed by atoms with E-state index in [-0.39, 0.29) is 11.6 Å². The van der Waals surface area contributed by atoms with Crippen LogP contribution in [0.25, 0.3) is 0 Å². The molecule has 1 aromatic rings. The summed E-state index contributed by atoms with van der Waals surface area (Å²) in [7, 11) is 0. The quantitative estimate of drug-likeness (QED) is 0.843. The summed E-state index contributed by atoms with van der Waals surface area (Å²) in [6.07, 6.45) is 4.94. The SMILES string of the molecule is CCNC(C)c1nnnn1C1(C)CCCC1. The number of nitrogens with zero attached hydrogens (tertiary/aromatic N) is 4. The normalized spacial score (nSPS) is 21.2. The van der Waals surface area contributed by atoms with Gasteiger partial charge in [0.1, 0.15) is 0 Å². The predicted molar refractivity (Wildman–Crippen MR) is 62.0 cm³/mol. The molecule has 1 atom stereocenters. The summed E-state index contributed by atoms with van der Waals surface area (Å²) in [5.74, 6) is 0.964. The minimum Gasteiger partial charge on any atom is -0.308 e. The van der Waals surface area contributed by atoms with Crippen molar-refractivity contribution < 1.29 is 0 Å². The third-order valence-electron chi connectivity index (χ3n) is 3.58. The van der Waals surface area contributed by atoms with Crippen molar-refractivity contribution >= 4 is 0 Å². The van der Waals surface area contributed by atoms with Gasteiger partial charge in [0, 0.05) is 0 Å². The average Bonchev–Trinajstić information content (AvgIpc) is 2.86. The molecule has 90 valence electrons. The molecule has 1 heterocycles. The molecule has 0 saturated heterocycles. The Balaban J connectivity index is 2.24. The van der Waals surface area contributed by atoms with Gasteiger partial charge in [-0.2, -0.15) is 0 Å².